The van der Waals surface area contributed by atoms with Gasteiger partial charge in [0.2, 0.25) is 0 Å². The number of hydrogen-bond donors (Lipinski definition) is 2. The minimum Gasteiger partial charge on any atom is -0.384 e. The molecule has 92 valence electrons. The summed E-state index contributed by atoms with van der Waals surface area (Å²) in [6.07, 6.45) is 0. The molecule has 2 rings (SSSR count). The van der Waals surface area contributed by atoms with Gasteiger partial charge in [-0.2, -0.15) is 0 Å². The largest absolute Gasteiger partial charge is 0.384 e. The minimum atomic E-state index is 0.113. The molecule has 0 heterocycles. The second kappa shape index (κ2) is 6.07. The number of amidine groups is 1. The maximum absolute atomic E-state index is 7.33. The van der Waals surface area contributed by atoms with Gasteiger partial charge in [-0.25, -0.2) is 0 Å². The highest BCUT2D eigenvalue weighted by Crippen LogP contribution is 2.24. The molecule has 0 amide bonds. The molecule has 3 N–H and O–H groups in total. The predicted molar refractivity (Wildman–Crippen MR) is 81.2 cm³/mol. The van der Waals surface area contributed by atoms with Crippen molar-refractivity contribution in [1.82, 2.24) is 0 Å². The van der Waals surface area contributed by atoms with Gasteiger partial charge in [0.1, 0.15) is 5.84 Å². The van der Waals surface area contributed by atoms with E-state index in [-0.39, 0.29) is 5.84 Å². The summed E-state index contributed by atoms with van der Waals surface area (Å²) in [6, 6.07) is 16.1. The Hall–Kier alpha value is -1.26. The maximum Gasteiger partial charge on any atom is 0.122 e. The zero-order valence-corrected chi connectivity index (χ0v) is 12.1. The third kappa shape index (κ3) is 3.62. The van der Waals surface area contributed by atoms with Crippen LogP contribution >= 0.6 is 27.7 Å². The first-order valence-corrected chi connectivity index (χ1v) is 7.25. The summed E-state index contributed by atoms with van der Waals surface area (Å²) in [5.41, 5.74) is 7.42. The number of thioether (sulfide) groups is 1. The highest BCUT2D eigenvalue weighted by Gasteiger charge is 1.99. The van der Waals surface area contributed by atoms with Crippen molar-refractivity contribution in [2.75, 3.05) is 0 Å². The highest BCUT2D eigenvalue weighted by molar-refractivity contribution is 9.10. The summed E-state index contributed by atoms with van der Waals surface area (Å²) < 4.78 is 1.10. The second-order valence-electron chi connectivity index (χ2n) is 3.85. The molecule has 0 radical (unpaired) electrons. The molecule has 4 heteroatoms. The molecular weight excluding hydrogens is 308 g/mol. The third-order valence-corrected chi connectivity index (χ3v) is 4.10. The van der Waals surface area contributed by atoms with Crippen molar-refractivity contribution in [3.63, 3.8) is 0 Å². The zero-order chi connectivity index (χ0) is 13.0. The third-order valence-electron chi connectivity index (χ3n) is 2.48. The Morgan fingerprint density at radius 1 is 1.06 bits per heavy atom. The fraction of sp³-hybridized carbons (Fsp3) is 0.0714. The van der Waals surface area contributed by atoms with Gasteiger partial charge in [0.05, 0.1) is 0 Å². The molecule has 2 aromatic carbocycles. The second-order valence-corrected chi connectivity index (χ2v) is 5.82. The average Bonchev–Trinajstić information content (AvgIpc) is 2.38. The first kappa shape index (κ1) is 13.2. The quantitative estimate of drug-likeness (QED) is 0.507. The van der Waals surface area contributed by atoms with Crippen molar-refractivity contribution in [1.29, 1.82) is 5.41 Å². The van der Waals surface area contributed by atoms with Crippen molar-refractivity contribution in [3.8, 4) is 0 Å². The lowest BCUT2D eigenvalue weighted by Gasteiger charge is -2.04. The van der Waals surface area contributed by atoms with Crippen molar-refractivity contribution < 1.29 is 0 Å². The van der Waals surface area contributed by atoms with E-state index in [0.29, 0.717) is 0 Å². The molecule has 0 unspecified atom stereocenters. The fourth-order valence-electron chi connectivity index (χ4n) is 1.48. The lowest BCUT2D eigenvalue weighted by Crippen LogP contribution is -2.10. The van der Waals surface area contributed by atoms with Crippen LogP contribution in [0.5, 0.6) is 0 Å². The average molecular weight is 321 g/mol. The maximum atomic E-state index is 7.33. The van der Waals surface area contributed by atoms with Gasteiger partial charge in [-0.1, -0.05) is 40.2 Å². The molecule has 0 bridgehead atoms. The van der Waals surface area contributed by atoms with Crippen molar-refractivity contribution in [2.45, 2.75) is 10.6 Å². The van der Waals surface area contributed by atoms with Crippen LogP contribution in [0.15, 0.2) is 57.9 Å². The number of rotatable bonds is 4. The molecule has 0 atom stereocenters. The Kier molecular flexibility index (Phi) is 4.44. The standard InChI is InChI=1S/C14H13BrN2S/c15-12-5-7-13(8-6-12)18-9-10-1-3-11(4-2-10)14(16)17/h1-8H,9H2,(H3,16,17). The number of benzene rings is 2. The van der Waals surface area contributed by atoms with Crippen LogP contribution in [0.2, 0.25) is 0 Å². The topological polar surface area (TPSA) is 49.9 Å². The Balaban J connectivity index is 1.97. The first-order valence-electron chi connectivity index (χ1n) is 5.47. The monoisotopic (exact) mass is 320 g/mol. The van der Waals surface area contributed by atoms with Gasteiger partial charge in [-0.15, -0.1) is 11.8 Å². The molecule has 0 aliphatic rings. The highest BCUT2D eigenvalue weighted by atomic mass is 79.9. The summed E-state index contributed by atoms with van der Waals surface area (Å²) in [4.78, 5) is 1.24. The Labute approximate surface area is 119 Å². The minimum absolute atomic E-state index is 0.113. The molecule has 0 aliphatic carbocycles. The molecule has 0 saturated carbocycles. The summed E-state index contributed by atoms with van der Waals surface area (Å²) in [7, 11) is 0. The summed E-state index contributed by atoms with van der Waals surface area (Å²) in [5, 5.41) is 7.33. The van der Waals surface area contributed by atoms with Gasteiger partial charge < -0.3 is 5.73 Å². The number of nitrogens with one attached hydrogen (secondary N) is 1. The predicted octanol–water partition coefficient (Wildman–Crippen LogP) is 4.03. The molecule has 18 heavy (non-hydrogen) atoms. The van der Waals surface area contributed by atoms with Crippen LogP contribution in [0.1, 0.15) is 11.1 Å². The Morgan fingerprint density at radius 3 is 2.22 bits per heavy atom. The number of hydrogen-bond acceptors (Lipinski definition) is 2. The van der Waals surface area contributed by atoms with Crippen LogP contribution in [0, 0.1) is 5.41 Å². The summed E-state index contributed by atoms with van der Waals surface area (Å²) in [5.74, 6) is 1.03. The normalized spacial score (nSPS) is 10.3. The van der Waals surface area contributed by atoms with E-state index in [1.165, 1.54) is 10.5 Å². The molecule has 0 fully saturated rings. The van der Waals surface area contributed by atoms with Gasteiger partial charge in [0.15, 0.2) is 0 Å². The molecule has 0 aliphatic heterocycles. The van der Waals surface area contributed by atoms with Crippen LogP contribution in [0.4, 0.5) is 0 Å². The van der Waals surface area contributed by atoms with Gasteiger partial charge in [0, 0.05) is 20.7 Å². The van der Waals surface area contributed by atoms with Crippen LogP contribution < -0.4 is 5.73 Å². The van der Waals surface area contributed by atoms with Gasteiger partial charge >= 0.3 is 0 Å². The van der Waals surface area contributed by atoms with E-state index in [1.54, 1.807) is 11.8 Å². The summed E-state index contributed by atoms with van der Waals surface area (Å²) in [6.45, 7) is 0. The van der Waals surface area contributed by atoms with Gasteiger partial charge in [-0.05, 0) is 29.8 Å². The lowest BCUT2D eigenvalue weighted by molar-refractivity contribution is 1.36. The first-order chi connectivity index (χ1) is 8.65. The lowest BCUT2D eigenvalue weighted by atomic mass is 10.1. The van der Waals surface area contributed by atoms with Crippen molar-refractivity contribution in [2.24, 2.45) is 5.73 Å². The molecule has 0 spiro atoms. The van der Waals surface area contributed by atoms with Crippen LogP contribution in [-0.2, 0) is 5.75 Å². The van der Waals surface area contributed by atoms with Gasteiger partial charge in [0.25, 0.3) is 0 Å². The van der Waals surface area contributed by atoms with Crippen LogP contribution in [0.3, 0.4) is 0 Å². The number of nitrogen functional groups attached to an aromatic ring is 1. The molecule has 2 aromatic rings. The summed E-state index contributed by atoms with van der Waals surface area (Å²) >= 11 is 5.21. The molecule has 0 aromatic heterocycles. The van der Waals surface area contributed by atoms with E-state index >= 15 is 0 Å². The molecule has 0 saturated heterocycles. The number of nitrogens with two attached hydrogens (primary N) is 1. The van der Waals surface area contributed by atoms with Gasteiger partial charge in [-0.3, -0.25) is 5.41 Å². The Morgan fingerprint density at radius 2 is 1.67 bits per heavy atom. The number of halogens is 1. The van der Waals surface area contributed by atoms with E-state index < -0.39 is 0 Å². The molecule has 2 nitrogen and oxygen atoms in total. The van der Waals surface area contributed by atoms with Crippen molar-refractivity contribution >= 4 is 33.5 Å². The fourth-order valence-corrected chi connectivity index (χ4v) is 2.60. The SMILES string of the molecule is N=C(N)c1ccc(CSc2ccc(Br)cc2)cc1. The Bertz CT molecular complexity index is 535. The molecular formula is C14H13BrN2S. The van der Waals surface area contributed by atoms with Crippen LogP contribution in [0.25, 0.3) is 0 Å². The van der Waals surface area contributed by atoms with E-state index in [0.717, 1.165) is 15.8 Å². The van der Waals surface area contributed by atoms with E-state index in [4.69, 9.17) is 11.1 Å². The van der Waals surface area contributed by atoms with E-state index in [2.05, 4.69) is 28.1 Å². The zero-order valence-electron chi connectivity index (χ0n) is 9.69. The van der Waals surface area contributed by atoms with E-state index in [9.17, 15) is 0 Å². The van der Waals surface area contributed by atoms with Crippen molar-refractivity contribution in [3.05, 3.63) is 64.1 Å². The van der Waals surface area contributed by atoms with E-state index in [1.807, 2.05) is 36.4 Å². The smallest absolute Gasteiger partial charge is 0.122 e. The van der Waals surface area contributed by atoms with Crippen LogP contribution in [-0.4, -0.2) is 5.84 Å².